The fourth-order valence-corrected chi connectivity index (χ4v) is 3.08. The number of nitrogens with zero attached hydrogens (tertiary/aromatic N) is 2. The van der Waals surface area contributed by atoms with E-state index in [1.807, 2.05) is 6.07 Å². The summed E-state index contributed by atoms with van der Waals surface area (Å²) in [5, 5.41) is 13.2. The SMILES string of the molecule is CC(C)(C)c1csc(CC(O)c2cncc(Br)c2)n1. The Labute approximate surface area is 125 Å². The van der Waals surface area contributed by atoms with E-state index in [4.69, 9.17) is 0 Å². The number of hydrogen-bond acceptors (Lipinski definition) is 4. The third kappa shape index (κ3) is 3.84. The van der Waals surface area contributed by atoms with E-state index in [0.717, 1.165) is 20.7 Å². The van der Waals surface area contributed by atoms with Crippen molar-refractivity contribution in [3.8, 4) is 0 Å². The van der Waals surface area contributed by atoms with Crippen LogP contribution in [-0.4, -0.2) is 15.1 Å². The van der Waals surface area contributed by atoms with Crippen molar-refractivity contribution in [1.29, 1.82) is 0 Å². The summed E-state index contributed by atoms with van der Waals surface area (Å²) in [6, 6.07) is 1.88. The highest BCUT2D eigenvalue weighted by atomic mass is 79.9. The summed E-state index contributed by atoms with van der Waals surface area (Å²) in [6.07, 6.45) is 3.35. The first kappa shape index (κ1) is 14.6. The second-order valence-electron chi connectivity index (χ2n) is 5.53. The van der Waals surface area contributed by atoms with Gasteiger partial charge in [-0.15, -0.1) is 11.3 Å². The van der Waals surface area contributed by atoms with E-state index in [2.05, 4.69) is 52.0 Å². The van der Waals surface area contributed by atoms with Crippen molar-refractivity contribution in [2.24, 2.45) is 0 Å². The number of rotatable bonds is 3. The van der Waals surface area contributed by atoms with Gasteiger partial charge in [0, 0.05) is 39.6 Å². The van der Waals surface area contributed by atoms with Gasteiger partial charge in [-0.25, -0.2) is 4.98 Å². The van der Waals surface area contributed by atoms with Gasteiger partial charge >= 0.3 is 0 Å². The van der Waals surface area contributed by atoms with Crippen molar-refractivity contribution in [3.63, 3.8) is 0 Å². The minimum absolute atomic E-state index is 0.0526. The van der Waals surface area contributed by atoms with E-state index < -0.39 is 6.10 Å². The van der Waals surface area contributed by atoms with Gasteiger partial charge in [0.1, 0.15) is 0 Å². The zero-order chi connectivity index (χ0) is 14.0. The number of thiazole rings is 1. The highest BCUT2D eigenvalue weighted by Crippen LogP contribution is 2.27. The molecule has 0 aliphatic rings. The van der Waals surface area contributed by atoms with E-state index >= 15 is 0 Å². The largest absolute Gasteiger partial charge is 0.388 e. The summed E-state index contributed by atoms with van der Waals surface area (Å²) in [7, 11) is 0. The molecule has 19 heavy (non-hydrogen) atoms. The first-order valence-electron chi connectivity index (χ1n) is 6.09. The molecule has 2 aromatic rings. The van der Waals surface area contributed by atoms with Gasteiger partial charge in [0.2, 0.25) is 0 Å². The van der Waals surface area contributed by atoms with Crippen LogP contribution in [0.5, 0.6) is 0 Å². The summed E-state index contributed by atoms with van der Waals surface area (Å²) in [5.41, 5.74) is 1.94. The molecule has 2 aromatic heterocycles. The molecule has 0 saturated heterocycles. The normalized spacial score (nSPS) is 13.5. The van der Waals surface area contributed by atoms with Crippen LogP contribution in [0, 0.1) is 0 Å². The van der Waals surface area contributed by atoms with Gasteiger partial charge in [-0.1, -0.05) is 20.8 Å². The maximum Gasteiger partial charge on any atom is 0.0957 e. The first-order chi connectivity index (χ1) is 8.86. The number of aromatic nitrogens is 2. The lowest BCUT2D eigenvalue weighted by molar-refractivity contribution is 0.177. The van der Waals surface area contributed by atoms with Crippen LogP contribution in [0.2, 0.25) is 0 Å². The van der Waals surface area contributed by atoms with E-state index in [-0.39, 0.29) is 5.41 Å². The molecule has 0 amide bonds. The van der Waals surface area contributed by atoms with Crippen molar-refractivity contribution >= 4 is 27.3 Å². The van der Waals surface area contributed by atoms with Crippen LogP contribution in [0.15, 0.2) is 28.3 Å². The highest BCUT2D eigenvalue weighted by molar-refractivity contribution is 9.10. The number of pyridine rings is 1. The molecule has 0 spiro atoms. The predicted molar refractivity (Wildman–Crippen MR) is 81.4 cm³/mol. The van der Waals surface area contributed by atoms with Crippen LogP contribution in [0.4, 0.5) is 0 Å². The van der Waals surface area contributed by atoms with E-state index in [1.165, 1.54) is 0 Å². The minimum atomic E-state index is -0.566. The Morgan fingerprint density at radius 1 is 1.37 bits per heavy atom. The van der Waals surface area contributed by atoms with Gasteiger partial charge in [-0.3, -0.25) is 4.98 Å². The Balaban J connectivity index is 2.11. The molecule has 3 nitrogen and oxygen atoms in total. The molecule has 5 heteroatoms. The second kappa shape index (κ2) is 5.69. The monoisotopic (exact) mass is 340 g/mol. The first-order valence-corrected chi connectivity index (χ1v) is 7.77. The van der Waals surface area contributed by atoms with E-state index in [1.54, 1.807) is 23.7 Å². The molecule has 102 valence electrons. The summed E-state index contributed by atoms with van der Waals surface area (Å²) < 4.78 is 0.874. The molecule has 2 heterocycles. The maximum absolute atomic E-state index is 10.2. The Hall–Kier alpha value is -0.780. The lowest BCUT2D eigenvalue weighted by atomic mass is 9.93. The molecule has 2 rings (SSSR count). The molecule has 0 fully saturated rings. The zero-order valence-corrected chi connectivity index (χ0v) is 13.6. The average Bonchev–Trinajstić information content (AvgIpc) is 2.77. The highest BCUT2D eigenvalue weighted by Gasteiger charge is 2.19. The third-order valence-corrected chi connectivity index (χ3v) is 4.10. The van der Waals surface area contributed by atoms with Crippen molar-refractivity contribution in [1.82, 2.24) is 9.97 Å². The maximum atomic E-state index is 10.2. The fourth-order valence-electron chi connectivity index (χ4n) is 1.64. The molecule has 0 saturated carbocycles. The standard InChI is InChI=1S/C14H17BrN2OS/c1-14(2,3)12-8-19-13(17-12)5-11(18)9-4-10(15)7-16-6-9/h4,6-8,11,18H,5H2,1-3H3. The molecule has 0 radical (unpaired) electrons. The summed E-state index contributed by atoms with van der Waals surface area (Å²) >= 11 is 4.96. The molecular weight excluding hydrogens is 324 g/mol. The molecule has 1 N–H and O–H groups in total. The zero-order valence-electron chi connectivity index (χ0n) is 11.2. The van der Waals surface area contributed by atoms with E-state index in [9.17, 15) is 5.11 Å². The third-order valence-electron chi connectivity index (χ3n) is 2.80. The van der Waals surface area contributed by atoms with Gasteiger partial charge in [0.15, 0.2) is 0 Å². The molecule has 0 bridgehead atoms. The Morgan fingerprint density at radius 2 is 2.11 bits per heavy atom. The van der Waals surface area contributed by atoms with Gasteiger partial charge in [0.25, 0.3) is 0 Å². The Morgan fingerprint density at radius 3 is 2.68 bits per heavy atom. The van der Waals surface area contributed by atoms with Crippen molar-refractivity contribution in [2.75, 3.05) is 0 Å². The Bertz CT molecular complexity index is 563. The van der Waals surface area contributed by atoms with Gasteiger partial charge in [-0.2, -0.15) is 0 Å². The fraction of sp³-hybridized carbons (Fsp3) is 0.429. The lowest BCUT2D eigenvalue weighted by Crippen LogP contribution is -2.12. The van der Waals surface area contributed by atoms with Crippen LogP contribution in [0.3, 0.4) is 0 Å². The topological polar surface area (TPSA) is 46.0 Å². The number of aliphatic hydroxyl groups excluding tert-OH is 1. The second-order valence-corrected chi connectivity index (χ2v) is 7.39. The smallest absolute Gasteiger partial charge is 0.0957 e. The predicted octanol–water partition coefficient (Wildman–Crippen LogP) is 3.87. The minimum Gasteiger partial charge on any atom is -0.388 e. The molecular formula is C14H17BrN2OS. The van der Waals surface area contributed by atoms with Crippen molar-refractivity contribution < 1.29 is 5.11 Å². The average molecular weight is 341 g/mol. The number of aliphatic hydroxyl groups is 1. The Kier molecular flexibility index (Phi) is 4.38. The number of hydrogen-bond donors (Lipinski definition) is 1. The van der Waals surface area contributed by atoms with Crippen molar-refractivity contribution in [2.45, 2.75) is 38.7 Å². The van der Waals surface area contributed by atoms with Gasteiger partial charge < -0.3 is 5.11 Å². The van der Waals surface area contributed by atoms with Crippen LogP contribution in [0.25, 0.3) is 0 Å². The van der Waals surface area contributed by atoms with Crippen LogP contribution in [0.1, 0.15) is 43.1 Å². The van der Waals surface area contributed by atoms with Gasteiger partial charge in [-0.05, 0) is 22.0 Å². The van der Waals surface area contributed by atoms with Crippen LogP contribution >= 0.6 is 27.3 Å². The molecule has 1 atom stereocenters. The lowest BCUT2D eigenvalue weighted by Gasteiger charge is -2.14. The van der Waals surface area contributed by atoms with Crippen molar-refractivity contribution in [3.05, 3.63) is 44.6 Å². The van der Waals surface area contributed by atoms with Gasteiger partial charge in [0.05, 0.1) is 16.8 Å². The molecule has 0 aliphatic heterocycles. The van der Waals surface area contributed by atoms with Crippen LogP contribution in [-0.2, 0) is 11.8 Å². The summed E-state index contributed by atoms with van der Waals surface area (Å²) in [5.74, 6) is 0. The molecule has 0 aromatic carbocycles. The van der Waals surface area contributed by atoms with E-state index in [0.29, 0.717) is 6.42 Å². The quantitative estimate of drug-likeness (QED) is 0.922. The van der Waals surface area contributed by atoms with Crippen LogP contribution < -0.4 is 0 Å². The number of halogens is 1. The summed E-state index contributed by atoms with van der Waals surface area (Å²) in [6.45, 7) is 6.42. The molecule has 0 aliphatic carbocycles. The summed E-state index contributed by atoms with van der Waals surface area (Å²) in [4.78, 5) is 8.66. The molecule has 1 unspecified atom stereocenters.